The van der Waals surface area contributed by atoms with E-state index < -0.39 is 5.60 Å². The Morgan fingerprint density at radius 1 is 1.09 bits per heavy atom. The Bertz CT molecular complexity index is 1140. The molecule has 2 atom stereocenters. The van der Waals surface area contributed by atoms with E-state index in [2.05, 4.69) is 34.2 Å². The molecule has 1 aromatic carbocycles. The van der Waals surface area contributed by atoms with Gasteiger partial charge in [0.2, 0.25) is 11.8 Å². The number of ether oxygens (including phenoxy) is 2. The van der Waals surface area contributed by atoms with Crippen LogP contribution in [0, 0.1) is 12.8 Å². The number of benzene rings is 1. The average Bonchev–Trinajstić information content (AvgIpc) is 3.42. The first-order valence-electron chi connectivity index (χ1n) is 11.4. The quantitative estimate of drug-likeness (QED) is 0.530. The molecule has 166 valence electrons. The molecule has 1 N–H and O–H groups in total. The number of nitrogens with zero attached hydrogens (tertiary/aromatic N) is 2. The summed E-state index contributed by atoms with van der Waals surface area (Å²) in [5.41, 5.74) is 6.27. The van der Waals surface area contributed by atoms with Crippen LogP contribution in [0.2, 0.25) is 0 Å². The Kier molecular flexibility index (Phi) is 5.38. The lowest BCUT2D eigenvalue weighted by molar-refractivity contribution is 0.0547. The Morgan fingerprint density at radius 3 is 2.78 bits per heavy atom. The van der Waals surface area contributed by atoms with Gasteiger partial charge in [0.05, 0.1) is 12.2 Å². The van der Waals surface area contributed by atoms with E-state index in [-0.39, 0.29) is 0 Å². The van der Waals surface area contributed by atoms with E-state index in [1.54, 1.807) is 13.8 Å². The minimum absolute atomic E-state index is 0.431. The monoisotopic (exact) mass is 430 g/mol. The summed E-state index contributed by atoms with van der Waals surface area (Å²) in [4.78, 5) is 9.11. The molecule has 0 saturated heterocycles. The molecule has 5 heteroatoms. The molecule has 5 nitrogen and oxygen atoms in total. The number of hydrogen-bond acceptors (Lipinski definition) is 5. The molecule has 1 saturated carbocycles. The molecular weight excluding hydrogens is 400 g/mol. The van der Waals surface area contributed by atoms with Crippen LogP contribution in [0.4, 0.5) is 0 Å². The first-order valence-corrected chi connectivity index (χ1v) is 11.4. The number of rotatable bonds is 8. The van der Waals surface area contributed by atoms with Gasteiger partial charge in [-0.15, -0.1) is 0 Å². The third kappa shape index (κ3) is 4.63. The fourth-order valence-corrected chi connectivity index (χ4v) is 4.53. The summed E-state index contributed by atoms with van der Waals surface area (Å²) in [5, 5.41) is 9.82. The van der Waals surface area contributed by atoms with E-state index in [9.17, 15) is 5.11 Å². The van der Waals surface area contributed by atoms with Crippen LogP contribution in [-0.2, 0) is 13.0 Å². The van der Waals surface area contributed by atoms with E-state index in [0.29, 0.717) is 31.4 Å². The largest absolute Gasteiger partial charge is 0.478 e. The van der Waals surface area contributed by atoms with Crippen LogP contribution in [0.15, 0.2) is 48.7 Å². The van der Waals surface area contributed by atoms with Gasteiger partial charge in [-0.2, -0.15) is 0 Å². The van der Waals surface area contributed by atoms with E-state index in [1.165, 1.54) is 24.0 Å². The zero-order chi connectivity index (χ0) is 22.3. The lowest BCUT2D eigenvalue weighted by atomic mass is 10.0. The Balaban J connectivity index is 1.24. The van der Waals surface area contributed by atoms with Crippen molar-refractivity contribution >= 4 is 0 Å². The summed E-state index contributed by atoms with van der Waals surface area (Å²) in [6, 6.07) is 14.4. The van der Waals surface area contributed by atoms with Crippen LogP contribution >= 0.6 is 0 Å². The maximum atomic E-state index is 9.82. The van der Waals surface area contributed by atoms with Crippen molar-refractivity contribution in [2.75, 3.05) is 6.61 Å². The molecular formula is C27H30N2O3. The predicted molar refractivity (Wildman–Crippen MR) is 124 cm³/mol. The molecule has 1 fully saturated rings. The lowest BCUT2D eigenvalue weighted by Crippen LogP contribution is -2.22. The Hall–Kier alpha value is -2.92. The van der Waals surface area contributed by atoms with Gasteiger partial charge >= 0.3 is 0 Å². The van der Waals surface area contributed by atoms with Gasteiger partial charge < -0.3 is 14.6 Å². The highest BCUT2D eigenvalue weighted by Crippen LogP contribution is 2.56. The van der Waals surface area contributed by atoms with Crippen LogP contribution in [-0.4, -0.2) is 27.3 Å². The summed E-state index contributed by atoms with van der Waals surface area (Å²) in [6.07, 6.45) is 5.08. The molecule has 0 radical (unpaired) electrons. The van der Waals surface area contributed by atoms with Gasteiger partial charge in [0.15, 0.2) is 0 Å². The molecule has 2 heterocycles. The SMILES string of the molecule is Cc1nc(OCCC(C)(C)O)ccc1-c1cccc(COc2cc3c(cn2)C2CC2C3)c1. The van der Waals surface area contributed by atoms with E-state index in [0.717, 1.165) is 34.2 Å². The van der Waals surface area contributed by atoms with E-state index in [1.807, 2.05) is 31.3 Å². The number of hydrogen-bond donors (Lipinski definition) is 1. The molecule has 5 rings (SSSR count). The second kappa shape index (κ2) is 8.21. The van der Waals surface area contributed by atoms with Crippen molar-refractivity contribution in [2.24, 2.45) is 5.92 Å². The number of aromatic nitrogens is 2. The summed E-state index contributed by atoms with van der Waals surface area (Å²) in [7, 11) is 0. The molecule has 0 amide bonds. The summed E-state index contributed by atoms with van der Waals surface area (Å²) < 4.78 is 11.7. The summed E-state index contributed by atoms with van der Waals surface area (Å²) in [6.45, 7) is 6.45. The smallest absolute Gasteiger partial charge is 0.213 e. The summed E-state index contributed by atoms with van der Waals surface area (Å²) >= 11 is 0. The number of pyridine rings is 2. The highest BCUT2D eigenvalue weighted by molar-refractivity contribution is 5.66. The van der Waals surface area contributed by atoms with Gasteiger partial charge in [-0.05, 0) is 79.8 Å². The number of aliphatic hydroxyl groups is 1. The topological polar surface area (TPSA) is 64.5 Å². The normalized spacial score (nSPS) is 18.8. The molecule has 32 heavy (non-hydrogen) atoms. The highest BCUT2D eigenvalue weighted by Gasteiger charge is 2.45. The highest BCUT2D eigenvalue weighted by atomic mass is 16.5. The van der Waals surface area contributed by atoms with Crippen molar-refractivity contribution in [3.8, 4) is 22.9 Å². The van der Waals surface area contributed by atoms with Gasteiger partial charge in [0, 0.05) is 36.0 Å². The van der Waals surface area contributed by atoms with Crippen molar-refractivity contribution in [3.63, 3.8) is 0 Å². The maximum absolute atomic E-state index is 9.82. The van der Waals surface area contributed by atoms with Crippen molar-refractivity contribution in [2.45, 2.75) is 58.2 Å². The fraction of sp³-hybridized carbons (Fsp3) is 0.407. The molecule has 2 unspecified atom stereocenters. The lowest BCUT2D eigenvalue weighted by Gasteiger charge is -2.17. The van der Waals surface area contributed by atoms with E-state index in [4.69, 9.17) is 9.47 Å². The van der Waals surface area contributed by atoms with Gasteiger partial charge in [-0.25, -0.2) is 9.97 Å². The van der Waals surface area contributed by atoms with Crippen LogP contribution in [0.3, 0.4) is 0 Å². The number of fused-ring (bicyclic) bond motifs is 3. The molecule has 2 aliphatic rings. The second-order valence-electron chi connectivity index (χ2n) is 9.71. The van der Waals surface area contributed by atoms with Crippen LogP contribution < -0.4 is 9.47 Å². The first kappa shape index (κ1) is 21.0. The standard InChI is InChI=1S/C27H30N2O3/c1-17-22(7-8-25(29-17)31-10-9-27(2,3)30)19-6-4-5-18(11-19)16-32-26-14-21-12-20-13-23(20)24(21)15-28-26/h4-8,11,14-15,20,23,30H,9-10,12-13,16H2,1-3H3. The van der Waals surface area contributed by atoms with Gasteiger partial charge in [0.25, 0.3) is 0 Å². The first-order chi connectivity index (χ1) is 15.4. The zero-order valence-corrected chi connectivity index (χ0v) is 19.0. The van der Waals surface area contributed by atoms with Crippen molar-refractivity contribution in [1.29, 1.82) is 0 Å². The average molecular weight is 431 g/mol. The minimum atomic E-state index is -0.743. The van der Waals surface area contributed by atoms with Crippen molar-refractivity contribution < 1.29 is 14.6 Å². The molecule has 2 aromatic heterocycles. The fourth-order valence-electron chi connectivity index (χ4n) is 4.53. The Labute approximate surface area is 189 Å². The van der Waals surface area contributed by atoms with Crippen LogP contribution in [0.5, 0.6) is 11.8 Å². The van der Waals surface area contributed by atoms with Crippen LogP contribution in [0.1, 0.15) is 55.0 Å². The number of aryl methyl sites for hydroxylation is 1. The molecule has 2 aliphatic carbocycles. The Morgan fingerprint density at radius 2 is 1.97 bits per heavy atom. The maximum Gasteiger partial charge on any atom is 0.213 e. The third-order valence-corrected chi connectivity index (χ3v) is 6.45. The van der Waals surface area contributed by atoms with Gasteiger partial charge in [0.1, 0.15) is 6.61 Å². The molecule has 0 aliphatic heterocycles. The minimum Gasteiger partial charge on any atom is -0.478 e. The van der Waals surface area contributed by atoms with Crippen LogP contribution in [0.25, 0.3) is 11.1 Å². The molecule has 0 spiro atoms. The van der Waals surface area contributed by atoms with Crippen molar-refractivity contribution in [1.82, 2.24) is 9.97 Å². The van der Waals surface area contributed by atoms with Crippen molar-refractivity contribution in [3.05, 3.63) is 71.0 Å². The second-order valence-corrected chi connectivity index (χ2v) is 9.71. The van der Waals surface area contributed by atoms with Gasteiger partial charge in [-0.3, -0.25) is 0 Å². The molecule has 3 aromatic rings. The zero-order valence-electron chi connectivity index (χ0n) is 19.0. The molecule has 0 bridgehead atoms. The summed E-state index contributed by atoms with van der Waals surface area (Å²) in [5.74, 6) is 2.91. The van der Waals surface area contributed by atoms with E-state index >= 15 is 0 Å². The predicted octanol–water partition coefficient (Wildman–Crippen LogP) is 5.23. The van der Waals surface area contributed by atoms with Gasteiger partial charge in [-0.1, -0.05) is 18.2 Å². The third-order valence-electron chi connectivity index (χ3n) is 6.45.